The second-order valence-electron chi connectivity index (χ2n) is 6.38. The number of hydrogen-bond acceptors (Lipinski definition) is 5. The van der Waals surface area contributed by atoms with Crippen LogP contribution in [0.5, 0.6) is 0 Å². The van der Waals surface area contributed by atoms with E-state index >= 15 is 0 Å². The molecule has 6 nitrogen and oxygen atoms in total. The third-order valence-electron chi connectivity index (χ3n) is 4.24. The Kier molecular flexibility index (Phi) is 6.83. The van der Waals surface area contributed by atoms with Crippen molar-refractivity contribution in [3.05, 3.63) is 82.2 Å². The summed E-state index contributed by atoms with van der Waals surface area (Å²) in [6.45, 7) is 7.76. The third-order valence-corrected chi connectivity index (χ3v) is 4.24. The monoisotopic (exact) mass is 374 g/mol. The number of carboxylic acids is 1. The lowest BCUT2D eigenvalue weighted by atomic mass is 10.0. The van der Waals surface area contributed by atoms with E-state index in [4.69, 9.17) is 10.4 Å². The number of aromatic nitrogens is 2. The Hall–Kier alpha value is -3.72. The van der Waals surface area contributed by atoms with Crippen molar-refractivity contribution < 1.29 is 9.90 Å². The topological polar surface area (TPSA) is 98.9 Å². The van der Waals surface area contributed by atoms with Crippen molar-refractivity contribution >= 4 is 17.6 Å². The van der Waals surface area contributed by atoms with Crippen LogP contribution in [-0.4, -0.2) is 21.0 Å². The highest BCUT2D eigenvalue weighted by atomic mass is 16.4. The molecule has 0 atom stereocenters. The van der Waals surface area contributed by atoms with Crippen molar-refractivity contribution in [2.75, 3.05) is 5.32 Å². The van der Waals surface area contributed by atoms with E-state index in [1.807, 2.05) is 45.9 Å². The summed E-state index contributed by atoms with van der Waals surface area (Å²) in [7, 11) is 0. The lowest BCUT2D eigenvalue weighted by molar-refractivity contribution is 0.0696. The van der Waals surface area contributed by atoms with Gasteiger partial charge in [0.05, 0.1) is 17.2 Å². The number of nitrogens with zero attached hydrogens (tertiary/aromatic N) is 3. The largest absolute Gasteiger partial charge is 0.478 e. The summed E-state index contributed by atoms with van der Waals surface area (Å²) >= 11 is 0. The number of hydrogen-bond donors (Lipinski definition) is 2. The van der Waals surface area contributed by atoms with Gasteiger partial charge in [-0.3, -0.25) is 0 Å². The number of aryl methyl sites for hydroxylation is 3. The second-order valence-corrected chi connectivity index (χ2v) is 6.38. The average Bonchev–Trinajstić information content (AvgIpc) is 2.67. The lowest BCUT2D eigenvalue weighted by Crippen LogP contribution is -1.99. The van der Waals surface area contributed by atoms with Crippen LogP contribution in [0.15, 0.2) is 48.7 Å². The Bertz CT molecular complexity index is 998. The van der Waals surface area contributed by atoms with Crippen molar-refractivity contribution in [1.29, 1.82) is 5.26 Å². The molecule has 3 rings (SSSR count). The minimum atomic E-state index is -0.860. The fraction of sp³-hybridized carbons (Fsp3) is 0.182. The van der Waals surface area contributed by atoms with Crippen LogP contribution in [0, 0.1) is 39.0 Å². The van der Waals surface area contributed by atoms with Gasteiger partial charge in [0, 0.05) is 17.6 Å². The molecule has 0 amide bonds. The molecular weight excluding hydrogens is 352 g/mol. The van der Waals surface area contributed by atoms with Crippen molar-refractivity contribution in [2.24, 2.45) is 0 Å². The molecule has 0 aliphatic carbocycles. The Morgan fingerprint density at radius 3 is 2.14 bits per heavy atom. The van der Waals surface area contributed by atoms with Crippen LogP contribution in [0.25, 0.3) is 0 Å². The second kappa shape index (κ2) is 9.28. The van der Waals surface area contributed by atoms with Crippen LogP contribution in [0.3, 0.4) is 0 Å². The zero-order chi connectivity index (χ0) is 20.7. The molecule has 142 valence electrons. The van der Waals surface area contributed by atoms with Crippen molar-refractivity contribution in [3.8, 4) is 6.07 Å². The number of benzene rings is 2. The number of nitriles is 1. The molecule has 0 aliphatic rings. The SMILES string of the molecule is Cc1cc(C(=O)O)cc(C)c1C.Cc1ccnc(Nc2ccc(C#N)cc2)n1. The van der Waals surface area contributed by atoms with Gasteiger partial charge in [-0.1, -0.05) is 0 Å². The first-order valence-electron chi connectivity index (χ1n) is 8.68. The number of rotatable bonds is 3. The molecule has 2 N–H and O–H groups in total. The van der Waals surface area contributed by atoms with Gasteiger partial charge in [0.25, 0.3) is 0 Å². The van der Waals surface area contributed by atoms with E-state index in [0.29, 0.717) is 17.1 Å². The maximum atomic E-state index is 10.6. The summed E-state index contributed by atoms with van der Waals surface area (Å²) in [4.78, 5) is 18.9. The van der Waals surface area contributed by atoms with Gasteiger partial charge < -0.3 is 10.4 Å². The minimum absolute atomic E-state index is 0.371. The highest BCUT2D eigenvalue weighted by Gasteiger charge is 2.05. The van der Waals surface area contributed by atoms with Crippen LogP contribution in [0.1, 0.15) is 38.3 Å². The Labute approximate surface area is 164 Å². The molecule has 0 saturated carbocycles. The van der Waals surface area contributed by atoms with Gasteiger partial charge in [0.15, 0.2) is 0 Å². The third kappa shape index (κ3) is 5.64. The zero-order valence-corrected chi connectivity index (χ0v) is 16.3. The predicted molar refractivity (Wildman–Crippen MR) is 109 cm³/mol. The Balaban J connectivity index is 0.000000209. The smallest absolute Gasteiger partial charge is 0.335 e. The number of carboxylic acid groups (broad SMARTS) is 1. The van der Waals surface area contributed by atoms with Crippen LogP contribution in [0.2, 0.25) is 0 Å². The number of aromatic carboxylic acids is 1. The maximum Gasteiger partial charge on any atom is 0.335 e. The summed E-state index contributed by atoms with van der Waals surface area (Å²) in [6, 6.07) is 14.4. The molecule has 0 aliphatic heterocycles. The fourth-order valence-electron chi connectivity index (χ4n) is 2.43. The normalized spacial score (nSPS) is 9.68. The first kappa shape index (κ1) is 20.6. The molecule has 0 fully saturated rings. The van der Waals surface area contributed by atoms with E-state index in [1.54, 1.807) is 30.5 Å². The molecule has 0 bridgehead atoms. The first-order chi connectivity index (χ1) is 13.3. The van der Waals surface area contributed by atoms with E-state index in [1.165, 1.54) is 5.56 Å². The quantitative estimate of drug-likeness (QED) is 0.689. The standard InChI is InChI=1S/C12H10N4.C10H12O2/c1-9-6-7-14-12(15-9)16-11-4-2-10(8-13)3-5-11;1-6-4-9(10(11)12)5-7(2)8(6)3/h2-7H,1H3,(H,14,15,16);4-5H,1-3H3,(H,11,12). The van der Waals surface area contributed by atoms with Gasteiger partial charge in [0.2, 0.25) is 5.95 Å². The highest BCUT2D eigenvalue weighted by molar-refractivity contribution is 5.88. The average molecular weight is 374 g/mol. The van der Waals surface area contributed by atoms with Crippen molar-refractivity contribution in [3.63, 3.8) is 0 Å². The number of nitrogens with one attached hydrogen (secondary N) is 1. The maximum absolute atomic E-state index is 10.6. The minimum Gasteiger partial charge on any atom is -0.478 e. The van der Waals surface area contributed by atoms with E-state index in [2.05, 4.69) is 21.4 Å². The van der Waals surface area contributed by atoms with Crippen LogP contribution < -0.4 is 5.32 Å². The molecule has 28 heavy (non-hydrogen) atoms. The highest BCUT2D eigenvalue weighted by Crippen LogP contribution is 2.15. The van der Waals surface area contributed by atoms with Gasteiger partial charge in [-0.2, -0.15) is 5.26 Å². The molecule has 1 aromatic heterocycles. The molecule has 6 heteroatoms. The van der Waals surface area contributed by atoms with Crippen LogP contribution in [0.4, 0.5) is 11.6 Å². The molecule has 3 aromatic rings. The first-order valence-corrected chi connectivity index (χ1v) is 8.68. The summed E-state index contributed by atoms with van der Waals surface area (Å²) in [5.74, 6) is -0.300. The fourth-order valence-corrected chi connectivity index (χ4v) is 2.43. The van der Waals surface area contributed by atoms with Gasteiger partial charge in [0.1, 0.15) is 0 Å². The van der Waals surface area contributed by atoms with Gasteiger partial charge in [-0.05, 0) is 86.8 Å². The van der Waals surface area contributed by atoms with E-state index in [0.717, 1.165) is 22.5 Å². The Morgan fingerprint density at radius 1 is 1.04 bits per heavy atom. The molecule has 2 aromatic carbocycles. The molecule has 0 saturated heterocycles. The summed E-state index contributed by atoms with van der Waals surface area (Å²) in [5, 5.41) is 20.4. The van der Waals surface area contributed by atoms with E-state index in [9.17, 15) is 4.79 Å². The summed E-state index contributed by atoms with van der Waals surface area (Å²) in [5.41, 5.74) is 6.02. The Morgan fingerprint density at radius 2 is 1.64 bits per heavy atom. The molecule has 0 spiro atoms. The van der Waals surface area contributed by atoms with Gasteiger partial charge in [-0.25, -0.2) is 14.8 Å². The van der Waals surface area contributed by atoms with Crippen LogP contribution in [-0.2, 0) is 0 Å². The molecule has 0 radical (unpaired) electrons. The molecule has 0 unspecified atom stereocenters. The lowest BCUT2D eigenvalue weighted by Gasteiger charge is -2.05. The van der Waals surface area contributed by atoms with E-state index < -0.39 is 5.97 Å². The van der Waals surface area contributed by atoms with E-state index in [-0.39, 0.29) is 0 Å². The number of carbonyl (C=O) groups is 1. The van der Waals surface area contributed by atoms with Crippen LogP contribution >= 0.6 is 0 Å². The van der Waals surface area contributed by atoms with Crippen molar-refractivity contribution in [2.45, 2.75) is 27.7 Å². The predicted octanol–water partition coefficient (Wildman–Crippen LogP) is 4.71. The molecular formula is C22H22N4O2. The summed E-state index contributed by atoms with van der Waals surface area (Å²) < 4.78 is 0. The summed E-state index contributed by atoms with van der Waals surface area (Å²) in [6.07, 6.45) is 1.70. The van der Waals surface area contributed by atoms with Gasteiger partial charge >= 0.3 is 5.97 Å². The molecule has 1 heterocycles. The van der Waals surface area contributed by atoms with Gasteiger partial charge in [-0.15, -0.1) is 0 Å². The zero-order valence-electron chi connectivity index (χ0n) is 16.3. The van der Waals surface area contributed by atoms with Crippen molar-refractivity contribution in [1.82, 2.24) is 9.97 Å². The number of anilines is 2.